The number of hydrogen-bond donors (Lipinski definition) is 9. The number of anilines is 2. The fourth-order valence-electron chi connectivity index (χ4n) is 6.26. The summed E-state index contributed by atoms with van der Waals surface area (Å²) in [7, 11) is 4.69. The van der Waals surface area contributed by atoms with Crippen molar-refractivity contribution >= 4 is 92.5 Å². The standard InChI is InChI=1S/C19H25N3O5.C14H17N3O3.C11H8ClNO3.C8H18N2O2.CH2O3.2K.H/c1-19(2,3)27-18(25)21-9-5-8-20-16-14(17(23)24)10-12-6-7-13(26-4)11-15(12)22-16;1-20-10-4-3-9-7-11(14(18)19)13(16-6-2-5-15)17-12(9)8-10;1-16-7-3-2-6-4-8(11(14)15)10(12)13-9(6)5-7;1-8(2,3)12-7(11)10-6-4-5-9;2-1-4-3;;;/h6-7,10-11H,5,8-9H2,1-4H3,(H,20,22)(H,21,25)(H,23,24);3-4,7-8H,2,5-6,15H2,1H3,(H,16,17)(H,18,19);2-5H,1H3,(H,14,15);4-6,9H2,1-3H3,(H,10,11);1,3H;;;/q;;;;;2*+1;-1/p-1. The summed E-state index contributed by atoms with van der Waals surface area (Å²) >= 11 is 5.76. The number of halogens is 1. The minimum absolute atomic E-state index is 0. The molecular weight excluding hydrogens is 1130 g/mol. The normalized spacial score (nSPS) is 10.2. The first kappa shape index (κ1) is 75.8. The molecule has 11 N–H and O–H groups in total. The second-order valence-electron chi connectivity index (χ2n) is 18.2. The minimum atomic E-state index is -1.09. The monoisotopic (exact) mass is 1200 g/mol. The maximum atomic E-state index is 11.6. The van der Waals surface area contributed by atoms with Gasteiger partial charge in [-0.25, -0.2) is 38.9 Å². The molecule has 0 saturated heterocycles. The van der Waals surface area contributed by atoms with Gasteiger partial charge in [-0.1, -0.05) is 11.6 Å². The Morgan fingerprint density at radius 1 is 0.568 bits per heavy atom. The van der Waals surface area contributed by atoms with E-state index < -0.39 is 35.2 Å². The molecule has 0 saturated carbocycles. The first-order valence-electron chi connectivity index (χ1n) is 24.2. The van der Waals surface area contributed by atoms with Crippen LogP contribution in [0, 0.1) is 0 Å². The molecule has 432 valence electrons. The number of benzene rings is 3. The molecule has 0 unspecified atom stereocenters. The van der Waals surface area contributed by atoms with E-state index in [1.807, 2.05) is 20.8 Å². The van der Waals surface area contributed by atoms with Gasteiger partial charge in [-0.3, -0.25) is 4.79 Å². The first-order valence-corrected chi connectivity index (χ1v) is 24.6. The zero-order valence-electron chi connectivity index (χ0n) is 48.4. The average molecular weight is 1200 g/mol. The van der Waals surface area contributed by atoms with Crippen molar-refractivity contribution < 1.29 is 182 Å². The number of alkyl carbamates (subject to hydrolysis) is 2. The molecule has 6 aromatic rings. The smallest absolute Gasteiger partial charge is 1.00 e. The van der Waals surface area contributed by atoms with E-state index in [0.717, 1.165) is 18.2 Å². The number of amides is 2. The maximum absolute atomic E-state index is 11.6. The van der Waals surface area contributed by atoms with Gasteiger partial charge in [0.15, 0.2) is 0 Å². The van der Waals surface area contributed by atoms with Gasteiger partial charge in [-0.15, -0.1) is 0 Å². The molecular formula is C53H70ClK2N9O16. The van der Waals surface area contributed by atoms with Gasteiger partial charge >= 0.3 is 133 Å². The van der Waals surface area contributed by atoms with Gasteiger partial charge < -0.3 is 83.3 Å². The molecule has 0 bridgehead atoms. The SMILES string of the molecule is CC(C)(C)OC(=O)NCCCN.COc1ccc2cc(C(=O)O)c(Cl)nc2c1.COc1ccc2cc(C(=O)O)c(NCCCN)nc2c1.COc1ccc2cc(C(=O)O)c(NCCCNC(=O)OC(C)(C)C)nc2c1.O=CO[O-].[H-].[K+].[K+]. The Morgan fingerprint density at radius 3 is 1.21 bits per heavy atom. The number of fused-ring (bicyclic) bond motifs is 3. The van der Waals surface area contributed by atoms with Crippen molar-refractivity contribution in [2.45, 2.75) is 72.0 Å². The molecule has 6 rings (SSSR count). The van der Waals surface area contributed by atoms with Crippen LogP contribution >= 0.6 is 11.6 Å². The number of methoxy groups -OCH3 is 3. The molecule has 2 amide bonds. The Bertz CT molecular complexity index is 2990. The van der Waals surface area contributed by atoms with E-state index in [1.165, 1.54) is 6.07 Å². The summed E-state index contributed by atoms with van der Waals surface area (Å²) in [6.45, 7) is 13.8. The van der Waals surface area contributed by atoms with Gasteiger partial charge in [0.25, 0.3) is 6.47 Å². The van der Waals surface area contributed by atoms with Gasteiger partial charge in [0, 0.05) is 60.5 Å². The molecule has 0 fully saturated rings. The summed E-state index contributed by atoms with van der Waals surface area (Å²) < 4.78 is 25.5. The third-order valence-electron chi connectivity index (χ3n) is 9.80. The van der Waals surface area contributed by atoms with Crippen LogP contribution in [0.2, 0.25) is 5.15 Å². The number of ether oxygens (including phenoxy) is 5. The van der Waals surface area contributed by atoms with Gasteiger partial charge in [0.2, 0.25) is 0 Å². The summed E-state index contributed by atoms with van der Waals surface area (Å²) in [5, 5.41) is 49.4. The molecule has 81 heavy (non-hydrogen) atoms. The van der Waals surface area contributed by atoms with E-state index in [0.29, 0.717) is 96.1 Å². The number of rotatable bonds is 19. The van der Waals surface area contributed by atoms with E-state index in [9.17, 15) is 34.2 Å². The minimum Gasteiger partial charge on any atom is -1.00 e. The number of pyridine rings is 3. The zero-order valence-corrected chi connectivity index (χ0v) is 54.4. The number of carboxylic acid groups (broad SMARTS) is 3. The van der Waals surface area contributed by atoms with Crippen molar-refractivity contribution in [1.82, 2.24) is 25.6 Å². The van der Waals surface area contributed by atoms with Crippen molar-refractivity contribution in [3.05, 3.63) is 94.6 Å². The molecule has 3 aromatic carbocycles. The molecule has 0 aliphatic heterocycles. The average Bonchev–Trinajstić information content (AvgIpc) is 3.39. The van der Waals surface area contributed by atoms with Gasteiger partial charge in [0.1, 0.15) is 56.4 Å². The molecule has 3 aromatic heterocycles. The number of carboxylic acids is 3. The summed E-state index contributed by atoms with van der Waals surface area (Å²) in [6.07, 6.45) is 1.24. The second-order valence-corrected chi connectivity index (χ2v) is 18.6. The van der Waals surface area contributed by atoms with Gasteiger partial charge in [-0.2, -0.15) is 0 Å². The molecule has 3 heterocycles. The summed E-state index contributed by atoms with van der Waals surface area (Å²) in [4.78, 5) is 80.2. The molecule has 0 atom stereocenters. The maximum Gasteiger partial charge on any atom is 1.00 e. The molecule has 28 heteroatoms. The predicted molar refractivity (Wildman–Crippen MR) is 296 cm³/mol. The van der Waals surface area contributed by atoms with Crippen LogP contribution in [0.5, 0.6) is 17.2 Å². The molecule has 0 aliphatic carbocycles. The molecule has 25 nitrogen and oxygen atoms in total. The predicted octanol–water partition coefficient (Wildman–Crippen LogP) is 0.981. The molecule has 0 aliphatic rings. The molecule has 0 spiro atoms. The number of hydrogen-bond acceptors (Lipinski definition) is 20. The van der Waals surface area contributed by atoms with Crippen LogP contribution in [-0.2, 0) is 19.2 Å². The van der Waals surface area contributed by atoms with Crippen molar-refractivity contribution in [3.63, 3.8) is 0 Å². The number of nitrogens with one attached hydrogen (secondary N) is 4. The second kappa shape index (κ2) is 39.3. The number of nitrogens with zero attached hydrogens (tertiary/aromatic N) is 3. The fourth-order valence-corrected chi connectivity index (χ4v) is 6.49. The van der Waals surface area contributed by atoms with Crippen LogP contribution in [-0.4, -0.2) is 139 Å². The summed E-state index contributed by atoms with van der Waals surface area (Å²) in [5.41, 5.74) is 11.9. The van der Waals surface area contributed by atoms with Crippen LogP contribution in [0.25, 0.3) is 32.7 Å². The van der Waals surface area contributed by atoms with Crippen molar-refractivity contribution in [2.24, 2.45) is 11.5 Å². The third-order valence-corrected chi connectivity index (χ3v) is 10.1. The topological polar surface area (TPSA) is 380 Å². The van der Waals surface area contributed by atoms with E-state index in [2.05, 4.69) is 41.1 Å². The van der Waals surface area contributed by atoms with Crippen LogP contribution in [0.3, 0.4) is 0 Å². The number of carbonyl (C=O) groups is 6. The summed E-state index contributed by atoms with van der Waals surface area (Å²) in [6, 6.07) is 20.5. The Balaban J connectivity index is 0. The summed E-state index contributed by atoms with van der Waals surface area (Å²) in [5.74, 6) is -0.548. The number of aromatic carboxylic acids is 3. The van der Waals surface area contributed by atoms with E-state index in [4.69, 9.17) is 61.9 Å². The van der Waals surface area contributed by atoms with Crippen LogP contribution in [0.1, 0.15) is 93.3 Å². The van der Waals surface area contributed by atoms with Crippen molar-refractivity contribution in [3.8, 4) is 17.2 Å². The number of carbonyl (C=O) groups excluding carboxylic acids is 3. The number of aromatic nitrogens is 3. The van der Waals surface area contributed by atoms with Crippen molar-refractivity contribution in [1.29, 1.82) is 0 Å². The Morgan fingerprint density at radius 2 is 0.889 bits per heavy atom. The molecule has 0 radical (unpaired) electrons. The Hall–Kier alpha value is -5.25. The van der Waals surface area contributed by atoms with Crippen molar-refractivity contribution in [2.75, 3.05) is 71.2 Å². The van der Waals surface area contributed by atoms with E-state index in [-0.39, 0.29) is 144 Å². The van der Waals surface area contributed by atoms with E-state index >= 15 is 0 Å². The van der Waals surface area contributed by atoms with Gasteiger partial charge in [0.05, 0.1) is 43.4 Å². The Kier molecular flexibility index (Phi) is 36.7. The quantitative estimate of drug-likeness (QED) is 0.0136. The van der Waals surface area contributed by atoms with Gasteiger partial charge in [-0.05, 0) is 128 Å². The fraction of sp³-hybridized carbons (Fsp3) is 0.377. The van der Waals surface area contributed by atoms with Crippen LogP contribution in [0.4, 0.5) is 21.2 Å². The zero-order chi connectivity index (χ0) is 59.3. The van der Waals surface area contributed by atoms with Crippen LogP contribution < -0.4 is 155 Å². The number of nitrogens with two attached hydrogens (primary N) is 2. The Labute approximate surface area is 560 Å². The van der Waals surface area contributed by atoms with E-state index in [1.54, 1.807) is 109 Å². The first-order chi connectivity index (χ1) is 37.3. The van der Waals surface area contributed by atoms with Crippen LogP contribution in [0.15, 0.2) is 72.8 Å². The largest absolute Gasteiger partial charge is 1.00 e. The third kappa shape index (κ3) is 29.0.